The molecule has 25 heavy (non-hydrogen) atoms. The van der Waals surface area contributed by atoms with Crippen LogP contribution in [0.5, 0.6) is 0 Å². The van der Waals surface area contributed by atoms with Crippen molar-refractivity contribution in [1.29, 1.82) is 0 Å². The smallest absolute Gasteiger partial charge is 0.380 e. The van der Waals surface area contributed by atoms with Crippen molar-refractivity contribution < 1.29 is 22.8 Å². The zero-order valence-corrected chi connectivity index (χ0v) is 13.4. The van der Waals surface area contributed by atoms with Crippen molar-refractivity contribution in [3.8, 4) is 0 Å². The number of oxime groups is 1. The van der Waals surface area contributed by atoms with Gasteiger partial charge < -0.3 is 10.6 Å². The third-order valence-electron chi connectivity index (χ3n) is 3.12. The van der Waals surface area contributed by atoms with Gasteiger partial charge in [-0.2, -0.15) is 18.3 Å². The van der Waals surface area contributed by atoms with E-state index in [-0.39, 0.29) is 22.7 Å². The molecule has 3 aromatic rings. The maximum absolute atomic E-state index is 13.1. The van der Waals surface area contributed by atoms with Crippen LogP contribution >= 0.6 is 11.3 Å². The van der Waals surface area contributed by atoms with E-state index in [0.717, 1.165) is 23.6 Å². The molecule has 0 radical (unpaired) electrons. The second-order valence-electron chi connectivity index (χ2n) is 4.91. The lowest BCUT2D eigenvalue weighted by atomic mass is 10.3. The van der Waals surface area contributed by atoms with Gasteiger partial charge in [0.25, 0.3) is 0 Å². The number of hydrogen-bond donors (Lipinski definition) is 1. The Bertz CT molecular complexity index is 963. The van der Waals surface area contributed by atoms with E-state index in [0.29, 0.717) is 9.39 Å². The molecule has 0 aromatic carbocycles. The van der Waals surface area contributed by atoms with E-state index in [4.69, 9.17) is 10.6 Å². The van der Waals surface area contributed by atoms with Crippen molar-refractivity contribution in [2.45, 2.75) is 13.1 Å². The molecule has 3 aromatic heterocycles. The van der Waals surface area contributed by atoms with Crippen molar-refractivity contribution in [1.82, 2.24) is 14.6 Å². The van der Waals surface area contributed by atoms with E-state index in [9.17, 15) is 18.0 Å². The Morgan fingerprint density at radius 3 is 2.84 bits per heavy atom. The fourth-order valence-electron chi connectivity index (χ4n) is 2.05. The van der Waals surface area contributed by atoms with Gasteiger partial charge >= 0.3 is 12.1 Å². The third kappa shape index (κ3) is 3.31. The average molecular weight is 369 g/mol. The number of thiophene rings is 1. The van der Waals surface area contributed by atoms with Gasteiger partial charge in [0.2, 0.25) is 0 Å². The Kier molecular flexibility index (Phi) is 4.17. The lowest BCUT2D eigenvalue weighted by molar-refractivity contribution is -0.142. The minimum atomic E-state index is -4.62. The van der Waals surface area contributed by atoms with Gasteiger partial charge in [-0.15, -0.1) is 11.3 Å². The number of nitrogens with two attached hydrogens (primary N) is 1. The van der Waals surface area contributed by atoms with E-state index < -0.39 is 17.8 Å². The van der Waals surface area contributed by atoms with Crippen LogP contribution in [0, 0.1) is 6.92 Å². The molecule has 3 rings (SSSR count). The molecule has 3 heterocycles. The standard InChI is InChI=1S/C14H10F3N5O2S/c1-7-5-10(14(15,16)17)22-12(20-7)8(6-19-22)11(18)21-24-13(23)9-3-2-4-25-9/h2-6H,1H3,(H2,18,21). The van der Waals surface area contributed by atoms with E-state index in [1.165, 1.54) is 13.0 Å². The van der Waals surface area contributed by atoms with E-state index >= 15 is 0 Å². The first kappa shape index (κ1) is 16.9. The van der Waals surface area contributed by atoms with E-state index in [1.807, 2.05) is 0 Å². The van der Waals surface area contributed by atoms with Crippen LogP contribution in [0.2, 0.25) is 0 Å². The summed E-state index contributed by atoms with van der Waals surface area (Å²) in [6, 6.07) is 4.06. The highest BCUT2D eigenvalue weighted by molar-refractivity contribution is 7.11. The van der Waals surface area contributed by atoms with Crippen LogP contribution < -0.4 is 5.73 Å². The molecule has 0 unspecified atom stereocenters. The number of carbonyl (C=O) groups is 1. The molecule has 0 aliphatic rings. The molecule has 0 amide bonds. The van der Waals surface area contributed by atoms with Gasteiger partial charge in [-0.3, -0.25) is 0 Å². The fraction of sp³-hybridized carbons (Fsp3) is 0.143. The van der Waals surface area contributed by atoms with Crippen LogP contribution in [-0.2, 0) is 11.0 Å². The fourth-order valence-corrected chi connectivity index (χ4v) is 2.64. The Balaban J connectivity index is 1.97. The molecule has 0 saturated carbocycles. The minimum Gasteiger partial charge on any atom is -0.380 e. The number of halogens is 3. The number of fused-ring (bicyclic) bond motifs is 1. The summed E-state index contributed by atoms with van der Waals surface area (Å²) in [5, 5.41) is 8.81. The number of amidine groups is 1. The summed E-state index contributed by atoms with van der Waals surface area (Å²) in [7, 11) is 0. The molecule has 0 spiro atoms. The first-order valence-electron chi connectivity index (χ1n) is 6.78. The molecule has 0 bridgehead atoms. The Morgan fingerprint density at radius 2 is 2.20 bits per heavy atom. The highest BCUT2D eigenvalue weighted by atomic mass is 32.1. The largest absolute Gasteiger partial charge is 0.433 e. The Morgan fingerprint density at radius 1 is 1.44 bits per heavy atom. The summed E-state index contributed by atoms with van der Waals surface area (Å²) in [5.74, 6) is -1.04. The Labute approximate surface area is 142 Å². The normalized spacial score (nSPS) is 12.6. The van der Waals surface area contributed by atoms with Crippen LogP contribution in [0.4, 0.5) is 13.2 Å². The molecule has 0 aliphatic heterocycles. The molecule has 2 N–H and O–H groups in total. The lowest BCUT2D eigenvalue weighted by Gasteiger charge is -2.09. The van der Waals surface area contributed by atoms with Gasteiger partial charge in [0.1, 0.15) is 10.6 Å². The van der Waals surface area contributed by atoms with Gasteiger partial charge in [-0.25, -0.2) is 14.3 Å². The average Bonchev–Trinajstić information content (AvgIpc) is 3.19. The summed E-state index contributed by atoms with van der Waals surface area (Å²) in [5.41, 5.74) is 4.74. The predicted octanol–water partition coefficient (Wildman–Crippen LogP) is 2.60. The first-order valence-corrected chi connectivity index (χ1v) is 7.66. The van der Waals surface area contributed by atoms with E-state index in [1.54, 1.807) is 11.4 Å². The zero-order valence-electron chi connectivity index (χ0n) is 12.6. The number of nitrogens with zero attached hydrogens (tertiary/aromatic N) is 4. The van der Waals surface area contributed by atoms with Crippen molar-refractivity contribution in [3.63, 3.8) is 0 Å². The van der Waals surface area contributed by atoms with Gasteiger partial charge in [-0.1, -0.05) is 11.2 Å². The summed E-state index contributed by atoms with van der Waals surface area (Å²) in [4.78, 5) is 20.7. The first-order chi connectivity index (χ1) is 11.8. The highest BCUT2D eigenvalue weighted by Gasteiger charge is 2.35. The van der Waals surface area contributed by atoms with Crippen LogP contribution in [-0.4, -0.2) is 26.4 Å². The van der Waals surface area contributed by atoms with Crippen molar-refractivity contribution in [2.75, 3.05) is 0 Å². The van der Waals surface area contributed by atoms with Gasteiger partial charge in [0, 0.05) is 5.69 Å². The lowest BCUT2D eigenvalue weighted by Crippen LogP contribution is -2.17. The predicted molar refractivity (Wildman–Crippen MR) is 83.2 cm³/mol. The monoisotopic (exact) mass is 369 g/mol. The molecule has 0 atom stereocenters. The molecule has 0 saturated heterocycles. The number of hydrogen-bond acceptors (Lipinski definition) is 6. The topological polar surface area (TPSA) is 94.9 Å². The number of carbonyl (C=O) groups excluding carboxylic acids is 1. The molecular formula is C14H10F3N5O2S. The maximum atomic E-state index is 13.1. The van der Waals surface area contributed by atoms with Crippen molar-refractivity contribution in [3.05, 3.63) is 51.6 Å². The number of aromatic nitrogens is 3. The molecule has 130 valence electrons. The molecule has 0 aliphatic carbocycles. The molecule has 7 nitrogen and oxygen atoms in total. The summed E-state index contributed by atoms with van der Waals surface area (Å²) >= 11 is 1.15. The summed E-state index contributed by atoms with van der Waals surface area (Å²) in [6.45, 7) is 1.41. The van der Waals surface area contributed by atoms with Gasteiger partial charge in [0.15, 0.2) is 11.5 Å². The number of rotatable bonds is 3. The molecule has 11 heteroatoms. The van der Waals surface area contributed by atoms with Crippen LogP contribution in [0.3, 0.4) is 0 Å². The number of aryl methyl sites for hydroxylation is 1. The van der Waals surface area contributed by atoms with Crippen molar-refractivity contribution in [2.24, 2.45) is 10.9 Å². The molecular weight excluding hydrogens is 359 g/mol. The third-order valence-corrected chi connectivity index (χ3v) is 3.97. The quantitative estimate of drug-likeness (QED) is 0.331. The van der Waals surface area contributed by atoms with Gasteiger partial charge in [0.05, 0.1) is 11.8 Å². The van der Waals surface area contributed by atoms with E-state index in [2.05, 4.69) is 15.2 Å². The van der Waals surface area contributed by atoms with Crippen LogP contribution in [0.25, 0.3) is 5.65 Å². The molecule has 0 fully saturated rings. The summed E-state index contributed by atoms with van der Waals surface area (Å²) < 4.78 is 39.9. The van der Waals surface area contributed by atoms with Crippen LogP contribution in [0.1, 0.15) is 26.6 Å². The summed E-state index contributed by atoms with van der Waals surface area (Å²) in [6.07, 6.45) is -3.54. The van der Waals surface area contributed by atoms with Crippen LogP contribution in [0.15, 0.2) is 34.9 Å². The minimum absolute atomic E-state index is 0.0215. The van der Waals surface area contributed by atoms with Gasteiger partial charge in [-0.05, 0) is 24.4 Å². The number of alkyl halides is 3. The highest BCUT2D eigenvalue weighted by Crippen LogP contribution is 2.30. The SMILES string of the molecule is Cc1cc(C(F)(F)F)n2ncc(/C(N)=N\OC(=O)c3cccs3)c2n1. The Hall–Kier alpha value is -2.95. The maximum Gasteiger partial charge on any atom is 0.433 e. The second-order valence-corrected chi connectivity index (χ2v) is 5.85. The van der Waals surface area contributed by atoms with Crippen molar-refractivity contribution >= 4 is 28.8 Å². The second kappa shape index (κ2) is 6.16. The zero-order chi connectivity index (χ0) is 18.2.